The summed E-state index contributed by atoms with van der Waals surface area (Å²) in [6.07, 6.45) is 2.52. The largest absolute Gasteiger partial charge is 0.450 e. The van der Waals surface area contributed by atoms with Crippen molar-refractivity contribution in [2.45, 2.75) is 52.3 Å². The molecule has 0 saturated heterocycles. The van der Waals surface area contributed by atoms with Gasteiger partial charge in [0.05, 0.1) is 28.7 Å². The van der Waals surface area contributed by atoms with Crippen LogP contribution in [0.2, 0.25) is 0 Å². The number of aliphatic imine (C=N–C) groups is 1. The van der Waals surface area contributed by atoms with Crippen molar-refractivity contribution in [1.29, 1.82) is 0 Å². The molecule has 3 N–H and O–H groups in total. The first-order valence-electron chi connectivity index (χ1n) is 14.2. The molecule has 0 bridgehead atoms. The molecule has 44 heavy (non-hydrogen) atoms. The normalized spacial score (nSPS) is 11.8. The summed E-state index contributed by atoms with van der Waals surface area (Å²) in [5.41, 5.74) is 2.43. The molecule has 0 aliphatic heterocycles. The molecule has 5 aromatic rings. The number of H-pyrrole nitrogens is 2. The number of nitrogens with one attached hydrogen (secondary N) is 3. The number of ether oxygens (including phenoxy) is 2. The number of carbonyl (C=O) groups excluding carboxylic acids is 2. The summed E-state index contributed by atoms with van der Waals surface area (Å²) in [5.74, 6) is 1.62. The summed E-state index contributed by atoms with van der Waals surface area (Å²) in [6, 6.07) is 12.9. The molecule has 3 aromatic heterocycles. The summed E-state index contributed by atoms with van der Waals surface area (Å²) in [6.45, 7) is 11.5. The van der Waals surface area contributed by atoms with Gasteiger partial charge < -0.3 is 19.4 Å². The molecule has 0 radical (unpaired) electrons. The van der Waals surface area contributed by atoms with E-state index >= 15 is 0 Å². The molecule has 0 saturated carbocycles. The minimum Gasteiger partial charge on any atom is -0.450 e. The predicted octanol–water partition coefficient (Wildman–Crippen LogP) is 7.43. The van der Waals surface area contributed by atoms with E-state index in [4.69, 9.17) is 9.47 Å². The van der Waals surface area contributed by atoms with Crippen molar-refractivity contribution in [1.82, 2.24) is 24.8 Å². The molecule has 5 rings (SSSR count). The highest BCUT2D eigenvalue weighted by molar-refractivity contribution is 8.13. The van der Waals surface area contributed by atoms with Crippen LogP contribution in [0.3, 0.4) is 0 Å². The lowest BCUT2D eigenvalue weighted by atomic mass is 10.2. The van der Waals surface area contributed by atoms with Crippen LogP contribution in [0.15, 0.2) is 69.8 Å². The van der Waals surface area contributed by atoms with E-state index in [1.807, 2.05) is 65.1 Å². The number of aromatic amines is 2. The predicted molar refractivity (Wildman–Crippen MR) is 180 cm³/mol. The molecule has 0 spiro atoms. The second-order valence-corrected chi connectivity index (χ2v) is 12.8. The molecular formula is C31H36N6O5S2. The average molecular weight is 637 g/mol. The molecule has 0 fully saturated rings. The number of rotatable bonds is 5. The number of amides is 1. The zero-order chi connectivity index (χ0) is 31.9. The second kappa shape index (κ2) is 14.5. The minimum absolute atomic E-state index is 0.0750. The Hall–Kier alpha value is -4.23. The standard InChI is InChI=1S/C19H25N3O4S.C12H11N3OS/c1-6-25-17(23)21-16(27-7-2)20-14-9-8-10-15-13(14)11-12-22(15)18(24)26-19(3,4)5;1-2-17-12-14-10-7-5-6-13-9(7)4-3-8(10)11(16)15-12/h8-12H,6-7H2,1-5H3,(H,20,21,23);3-6,13H,2H2,1H3,(H,14,15,16). The number of amidine groups is 1. The Morgan fingerprint density at radius 3 is 2.52 bits per heavy atom. The number of carbonyl (C=O) groups is 2. The molecule has 0 aliphatic rings. The lowest BCUT2D eigenvalue weighted by Crippen LogP contribution is -2.29. The Kier molecular flexibility index (Phi) is 10.8. The van der Waals surface area contributed by atoms with Crippen molar-refractivity contribution in [3.63, 3.8) is 0 Å². The number of hydrogen-bond acceptors (Lipinski definition) is 9. The Labute approximate surface area is 263 Å². The quantitative estimate of drug-likeness (QED) is 0.0782. The van der Waals surface area contributed by atoms with Crippen molar-refractivity contribution in [2.24, 2.45) is 4.99 Å². The number of fused-ring (bicyclic) bond motifs is 4. The fraction of sp³-hybridized carbons (Fsp3) is 0.323. The van der Waals surface area contributed by atoms with Gasteiger partial charge in [-0.25, -0.2) is 19.6 Å². The van der Waals surface area contributed by atoms with Gasteiger partial charge in [0.2, 0.25) is 0 Å². The van der Waals surface area contributed by atoms with Crippen LogP contribution in [0.4, 0.5) is 15.3 Å². The Morgan fingerprint density at radius 2 is 1.82 bits per heavy atom. The highest BCUT2D eigenvalue weighted by Gasteiger charge is 2.20. The maximum atomic E-state index is 12.4. The van der Waals surface area contributed by atoms with Crippen LogP contribution in [0, 0.1) is 0 Å². The molecule has 3 heterocycles. The topological polar surface area (TPSA) is 143 Å². The lowest BCUT2D eigenvalue weighted by molar-refractivity contribution is 0.0544. The smallest absolute Gasteiger partial charge is 0.418 e. The van der Waals surface area contributed by atoms with Crippen LogP contribution in [-0.4, -0.2) is 60.6 Å². The van der Waals surface area contributed by atoms with Crippen LogP contribution in [0.25, 0.3) is 32.7 Å². The highest BCUT2D eigenvalue weighted by atomic mass is 32.2. The van der Waals surface area contributed by atoms with Gasteiger partial charge in [-0.2, -0.15) is 0 Å². The van der Waals surface area contributed by atoms with Gasteiger partial charge in [-0.1, -0.05) is 43.4 Å². The van der Waals surface area contributed by atoms with Crippen molar-refractivity contribution in [3.8, 4) is 0 Å². The van der Waals surface area contributed by atoms with Crippen molar-refractivity contribution in [3.05, 3.63) is 65.2 Å². The maximum absolute atomic E-state index is 12.4. The van der Waals surface area contributed by atoms with Gasteiger partial charge in [-0.3, -0.25) is 14.7 Å². The third kappa shape index (κ3) is 8.03. The molecule has 1 amide bonds. The number of benzene rings is 2. The molecule has 11 nitrogen and oxygen atoms in total. The zero-order valence-electron chi connectivity index (χ0n) is 25.5. The molecule has 0 atom stereocenters. The van der Waals surface area contributed by atoms with E-state index in [1.54, 1.807) is 31.3 Å². The van der Waals surface area contributed by atoms with Gasteiger partial charge in [0, 0.05) is 28.7 Å². The molecule has 0 aliphatic carbocycles. The Morgan fingerprint density at radius 1 is 1.02 bits per heavy atom. The SMILES string of the molecule is CCOC(=O)NC(=Nc1cccc2c1ccn2C(=O)OC(C)(C)C)SCC.CCSc1nc2c(ccc3[nH]ccc32)c(=O)[nH]1. The van der Waals surface area contributed by atoms with E-state index in [9.17, 15) is 14.4 Å². The van der Waals surface area contributed by atoms with Gasteiger partial charge in [0.25, 0.3) is 5.56 Å². The number of hydrogen-bond donors (Lipinski definition) is 3. The Balaban J connectivity index is 0.000000221. The summed E-state index contributed by atoms with van der Waals surface area (Å²) in [7, 11) is 0. The summed E-state index contributed by atoms with van der Waals surface area (Å²) < 4.78 is 11.8. The van der Waals surface area contributed by atoms with Crippen LogP contribution in [-0.2, 0) is 9.47 Å². The first-order chi connectivity index (χ1) is 21.0. The second-order valence-electron chi connectivity index (χ2n) is 10.3. The molecule has 0 unspecified atom stereocenters. The molecule has 13 heteroatoms. The van der Waals surface area contributed by atoms with Crippen molar-refractivity contribution >= 4 is 79.3 Å². The number of aromatic nitrogens is 4. The van der Waals surface area contributed by atoms with E-state index in [0.717, 1.165) is 33.3 Å². The van der Waals surface area contributed by atoms with E-state index in [1.165, 1.54) is 28.1 Å². The highest BCUT2D eigenvalue weighted by Crippen LogP contribution is 2.29. The zero-order valence-corrected chi connectivity index (χ0v) is 27.1. The van der Waals surface area contributed by atoms with Gasteiger partial charge in [-0.15, -0.1) is 0 Å². The van der Waals surface area contributed by atoms with Crippen LogP contribution < -0.4 is 10.9 Å². The molecular weight excluding hydrogens is 601 g/mol. The van der Waals surface area contributed by atoms with Gasteiger partial charge in [0.1, 0.15) is 5.60 Å². The van der Waals surface area contributed by atoms with Crippen LogP contribution in [0.5, 0.6) is 0 Å². The van der Waals surface area contributed by atoms with Gasteiger partial charge in [0.15, 0.2) is 10.3 Å². The number of thioether (sulfide) groups is 2. The summed E-state index contributed by atoms with van der Waals surface area (Å²) in [4.78, 5) is 51.0. The Bertz CT molecular complexity index is 1870. The third-order valence-electron chi connectivity index (χ3n) is 5.95. The summed E-state index contributed by atoms with van der Waals surface area (Å²) >= 11 is 2.93. The minimum atomic E-state index is -0.585. The average Bonchev–Trinajstić information content (AvgIpc) is 3.61. The molecule has 2 aromatic carbocycles. The number of alkyl carbamates (subject to hydrolysis) is 1. The fourth-order valence-corrected chi connectivity index (χ4v) is 5.42. The van der Waals surface area contributed by atoms with Gasteiger partial charge in [-0.05, 0) is 75.6 Å². The first-order valence-corrected chi connectivity index (χ1v) is 16.1. The first kappa shape index (κ1) is 32.7. The number of nitrogens with zero attached hydrogens (tertiary/aromatic N) is 3. The van der Waals surface area contributed by atoms with Gasteiger partial charge >= 0.3 is 12.2 Å². The lowest BCUT2D eigenvalue weighted by Gasteiger charge is -2.19. The fourth-order valence-electron chi connectivity index (χ4n) is 4.24. The van der Waals surface area contributed by atoms with E-state index in [2.05, 4.69) is 25.3 Å². The maximum Gasteiger partial charge on any atom is 0.418 e. The monoisotopic (exact) mass is 636 g/mol. The summed E-state index contributed by atoms with van der Waals surface area (Å²) in [5, 5.41) is 6.17. The van der Waals surface area contributed by atoms with Crippen molar-refractivity contribution < 1.29 is 19.1 Å². The van der Waals surface area contributed by atoms with E-state index < -0.39 is 17.8 Å². The van der Waals surface area contributed by atoms with E-state index in [-0.39, 0.29) is 12.2 Å². The van der Waals surface area contributed by atoms with Crippen molar-refractivity contribution in [2.75, 3.05) is 18.1 Å². The third-order valence-corrected chi connectivity index (χ3v) is 7.46. The molecule has 232 valence electrons. The van der Waals surface area contributed by atoms with Crippen LogP contribution >= 0.6 is 23.5 Å². The van der Waals surface area contributed by atoms with E-state index in [0.29, 0.717) is 26.9 Å². The van der Waals surface area contributed by atoms with Crippen LogP contribution in [0.1, 0.15) is 41.5 Å².